The van der Waals surface area contributed by atoms with E-state index in [-0.39, 0.29) is 49.1 Å². The van der Waals surface area contributed by atoms with Gasteiger partial charge in [-0.1, -0.05) is 6.92 Å². The fourth-order valence-corrected chi connectivity index (χ4v) is 5.73. The van der Waals surface area contributed by atoms with Gasteiger partial charge in [0.2, 0.25) is 11.7 Å². The summed E-state index contributed by atoms with van der Waals surface area (Å²) in [5.41, 5.74) is 2.34. The van der Waals surface area contributed by atoms with Gasteiger partial charge in [0.25, 0.3) is 5.91 Å². The van der Waals surface area contributed by atoms with Crippen LogP contribution in [0.1, 0.15) is 48.2 Å². The van der Waals surface area contributed by atoms with Gasteiger partial charge in [-0.3, -0.25) is 14.6 Å². The lowest BCUT2D eigenvalue weighted by Crippen LogP contribution is -2.49. The Morgan fingerprint density at radius 2 is 1.90 bits per heavy atom. The van der Waals surface area contributed by atoms with Crippen molar-refractivity contribution in [3.8, 4) is 0 Å². The van der Waals surface area contributed by atoms with E-state index in [0.717, 1.165) is 21.2 Å². The van der Waals surface area contributed by atoms with Crippen molar-refractivity contribution >= 4 is 28.4 Å². The van der Waals surface area contributed by atoms with E-state index < -0.39 is 12.0 Å². The summed E-state index contributed by atoms with van der Waals surface area (Å²) in [6.45, 7) is 4.31. The number of benzene rings is 1. The highest BCUT2D eigenvalue weighted by Gasteiger charge is 2.41. The molecule has 39 heavy (non-hydrogen) atoms. The summed E-state index contributed by atoms with van der Waals surface area (Å²) in [5, 5.41) is 10.9. The van der Waals surface area contributed by atoms with Crippen molar-refractivity contribution in [2.45, 2.75) is 45.5 Å². The molecular formula is C27H30F3N7O2. The zero-order valence-electron chi connectivity index (χ0n) is 21.6. The highest BCUT2D eigenvalue weighted by molar-refractivity contribution is 6.00. The molecule has 1 aromatic carbocycles. The number of hydrogen-bond acceptors (Lipinski definition) is 6. The van der Waals surface area contributed by atoms with Crippen molar-refractivity contribution in [1.29, 1.82) is 0 Å². The normalized spacial score (nSPS) is 21.6. The summed E-state index contributed by atoms with van der Waals surface area (Å²) >= 11 is 0. The Bertz CT molecular complexity index is 1420. The summed E-state index contributed by atoms with van der Waals surface area (Å²) in [4.78, 5) is 34.3. The molecule has 9 nitrogen and oxygen atoms in total. The van der Waals surface area contributed by atoms with Gasteiger partial charge >= 0.3 is 6.18 Å². The Kier molecular flexibility index (Phi) is 6.43. The fraction of sp³-hybridized carbons (Fsp3) is 0.519. The molecule has 1 saturated heterocycles. The second kappa shape index (κ2) is 9.80. The Morgan fingerprint density at radius 3 is 2.64 bits per heavy atom. The van der Waals surface area contributed by atoms with E-state index in [2.05, 4.69) is 25.4 Å². The number of anilines is 1. The Labute approximate surface area is 223 Å². The van der Waals surface area contributed by atoms with Gasteiger partial charge in [-0.15, -0.1) is 10.2 Å². The molecule has 12 heteroatoms. The molecule has 2 aromatic heterocycles. The van der Waals surface area contributed by atoms with Crippen molar-refractivity contribution in [2.24, 2.45) is 17.8 Å². The number of alkyl halides is 3. The van der Waals surface area contributed by atoms with Gasteiger partial charge in [-0.2, -0.15) is 13.2 Å². The Morgan fingerprint density at radius 1 is 1.08 bits per heavy atom. The lowest BCUT2D eigenvalue weighted by atomic mass is 9.85. The maximum atomic E-state index is 13.4. The summed E-state index contributed by atoms with van der Waals surface area (Å²) < 4.78 is 40.6. The molecule has 0 bridgehead atoms. The number of aromatic nitrogens is 4. The molecule has 0 radical (unpaired) electrons. The van der Waals surface area contributed by atoms with Crippen LogP contribution in [0.2, 0.25) is 0 Å². The minimum Gasteiger partial charge on any atom is -0.371 e. The quantitative estimate of drug-likeness (QED) is 0.532. The van der Waals surface area contributed by atoms with Crippen LogP contribution in [0, 0.1) is 17.8 Å². The van der Waals surface area contributed by atoms with Gasteiger partial charge in [-0.25, -0.2) is 0 Å². The third-order valence-corrected chi connectivity index (χ3v) is 8.11. The van der Waals surface area contributed by atoms with Gasteiger partial charge in [0.1, 0.15) is 0 Å². The monoisotopic (exact) mass is 541 g/mol. The van der Waals surface area contributed by atoms with Crippen LogP contribution in [0.15, 0.2) is 30.5 Å². The zero-order valence-corrected chi connectivity index (χ0v) is 21.6. The standard InChI is InChI=1S/C27H30F3N7O2/c1-16-14-35(22-6-8-31-21-12-18(4-5-20(21)22)24(38)32-13-17-2-3-17)9-7-19(16)25(39)36-10-11-37-23(15-36)33-34-26(37)27(28,29)30/h4-6,8,12,16-17,19H,2-3,7,9-11,13-15H2,1H3,(H,32,38). The van der Waals surface area contributed by atoms with Crippen molar-refractivity contribution in [2.75, 3.05) is 31.1 Å². The third-order valence-electron chi connectivity index (χ3n) is 8.11. The first-order chi connectivity index (χ1) is 18.7. The van der Waals surface area contributed by atoms with Gasteiger partial charge in [0.05, 0.1) is 12.1 Å². The first-order valence-corrected chi connectivity index (χ1v) is 13.4. The molecule has 2 amide bonds. The highest BCUT2D eigenvalue weighted by Crippen LogP contribution is 2.34. The Hall–Kier alpha value is -3.70. The number of pyridine rings is 1. The zero-order chi connectivity index (χ0) is 27.3. The van der Waals surface area contributed by atoms with Crippen LogP contribution in [-0.4, -0.2) is 62.6 Å². The predicted molar refractivity (Wildman–Crippen MR) is 137 cm³/mol. The summed E-state index contributed by atoms with van der Waals surface area (Å²) in [6.07, 6.45) is 0.146. The second-order valence-corrected chi connectivity index (χ2v) is 10.9. The first kappa shape index (κ1) is 25.6. The van der Waals surface area contributed by atoms with E-state index >= 15 is 0 Å². The molecular weight excluding hydrogens is 511 g/mol. The molecule has 1 N–H and O–H groups in total. The van der Waals surface area contributed by atoms with E-state index in [4.69, 9.17) is 0 Å². The average Bonchev–Trinajstić information content (AvgIpc) is 3.65. The number of carbonyl (C=O) groups is 2. The van der Waals surface area contributed by atoms with Crippen molar-refractivity contribution in [3.05, 3.63) is 47.7 Å². The van der Waals surface area contributed by atoms with Crippen LogP contribution in [0.25, 0.3) is 10.9 Å². The SMILES string of the molecule is CC1CN(c2ccnc3cc(C(=O)NCC4CC4)ccc23)CCC1C(=O)N1CCn2c(nnc2C(F)(F)F)C1. The number of halogens is 3. The van der Waals surface area contributed by atoms with Gasteiger partial charge in [0.15, 0.2) is 5.82 Å². The van der Waals surface area contributed by atoms with E-state index in [1.165, 1.54) is 12.8 Å². The van der Waals surface area contributed by atoms with Crippen molar-refractivity contribution in [3.63, 3.8) is 0 Å². The molecule has 0 spiro atoms. The molecule has 1 aliphatic carbocycles. The van der Waals surface area contributed by atoms with Crippen LogP contribution in [0.3, 0.4) is 0 Å². The van der Waals surface area contributed by atoms with Crippen LogP contribution in [0.5, 0.6) is 0 Å². The number of fused-ring (bicyclic) bond motifs is 2. The van der Waals surface area contributed by atoms with Gasteiger partial charge < -0.3 is 19.7 Å². The van der Waals surface area contributed by atoms with Crippen LogP contribution >= 0.6 is 0 Å². The number of amides is 2. The Balaban J connectivity index is 1.12. The molecule has 2 atom stereocenters. The number of hydrogen-bond donors (Lipinski definition) is 1. The van der Waals surface area contributed by atoms with Crippen LogP contribution < -0.4 is 10.2 Å². The second-order valence-electron chi connectivity index (χ2n) is 10.9. The molecule has 3 aliphatic rings. The molecule has 206 valence electrons. The van der Waals surface area contributed by atoms with Crippen molar-refractivity contribution < 1.29 is 22.8 Å². The molecule has 2 unspecified atom stereocenters. The van der Waals surface area contributed by atoms with Crippen LogP contribution in [0.4, 0.5) is 18.9 Å². The largest absolute Gasteiger partial charge is 0.451 e. The summed E-state index contributed by atoms with van der Waals surface area (Å²) in [5.74, 6) is -0.577. The van der Waals surface area contributed by atoms with E-state index in [0.29, 0.717) is 37.5 Å². The van der Waals surface area contributed by atoms with E-state index in [1.54, 1.807) is 11.1 Å². The summed E-state index contributed by atoms with van der Waals surface area (Å²) in [6, 6.07) is 7.54. The molecule has 1 saturated carbocycles. The third kappa shape index (κ3) is 5.04. The number of piperidine rings is 1. The first-order valence-electron chi connectivity index (χ1n) is 13.4. The van der Waals surface area contributed by atoms with Crippen molar-refractivity contribution in [1.82, 2.24) is 30.0 Å². The minimum atomic E-state index is -4.57. The maximum absolute atomic E-state index is 13.4. The lowest BCUT2D eigenvalue weighted by Gasteiger charge is -2.40. The average molecular weight is 542 g/mol. The lowest BCUT2D eigenvalue weighted by molar-refractivity contribution is -0.148. The highest BCUT2D eigenvalue weighted by atomic mass is 19.4. The predicted octanol–water partition coefficient (Wildman–Crippen LogP) is 3.49. The minimum absolute atomic E-state index is 0.0275. The maximum Gasteiger partial charge on any atom is 0.451 e. The van der Waals surface area contributed by atoms with E-state index in [9.17, 15) is 22.8 Å². The number of rotatable bonds is 5. The van der Waals surface area contributed by atoms with Crippen LogP contribution in [-0.2, 0) is 24.1 Å². The number of carbonyl (C=O) groups excluding carboxylic acids is 2. The summed E-state index contributed by atoms with van der Waals surface area (Å²) in [7, 11) is 0. The molecule has 3 aromatic rings. The molecule has 4 heterocycles. The van der Waals surface area contributed by atoms with E-state index in [1.807, 2.05) is 31.2 Å². The van der Waals surface area contributed by atoms with Gasteiger partial charge in [0, 0.05) is 61.5 Å². The topological polar surface area (TPSA) is 96.2 Å². The number of nitrogens with one attached hydrogen (secondary N) is 1. The molecule has 6 rings (SSSR count). The van der Waals surface area contributed by atoms with Gasteiger partial charge in [-0.05, 0) is 55.4 Å². The molecule has 2 fully saturated rings. The number of nitrogens with zero attached hydrogens (tertiary/aromatic N) is 6. The fourth-order valence-electron chi connectivity index (χ4n) is 5.73. The molecule has 2 aliphatic heterocycles. The smallest absolute Gasteiger partial charge is 0.371 e.